The van der Waals surface area contributed by atoms with E-state index >= 15 is 0 Å². The van der Waals surface area contributed by atoms with Gasteiger partial charge in [0.05, 0.1) is 26.9 Å². The number of ether oxygens (including phenoxy) is 2. The summed E-state index contributed by atoms with van der Waals surface area (Å²) in [6, 6.07) is 0. The Morgan fingerprint density at radius 1 is 1.42 bits per heavy atom. The minimum atomic E-state index is -4.54. The number of aromatic nitrogens is 4. The third kappa shape index (κ3) is 3.52. The third-order valence-corrected chi connectivity index (χ3v) is 4.01. The summed E-state index contributed by atoms with van der Waals surface area (Å²) in [6.07, 6.45) is -2.69. The Labute approximate surface area is 146 Å². The summed E-state index contributed by atoms with van der Waals surface area (Å²) in [5.41, 5.74) is -0.102. The number of nitrogens with one attached hydrogen (secondary N) is 1. The minimum Gasteiger partial charge on any atom is -0.479 e. The minimum absolute atomic E-state index is 0.0732. The lowest BCUT2D eigenvalue weighted by atomic mass is 10.1. The number of rotatable bonds is 5. The Morgan fingerprint density at radius 3 is 2.88 bits per heavy atom. The van der Waals surface area contributed by atoms with Gasteiger partial charge in [0.1, 0.15) is 5.56 Å². The Balaban J connectivity index is 1.70. The van der Waals surface area contributed by atoms with E-state index in [0.717, 1.165) is 0 Å². The topological polar surface area (TPSA) is 83.2 Å². The van der Waals surface area contributed by atoms with Crippen LogP contribution >= 0.6 is 0 Å². The number of halogens is 3. The van der Waals surface area contributed by atoms with Gasteiger partial charge in [-0.25, -0.2) is 0 Å². The van der Waals surface area contributed by atoms with Crippen LogP contribution in [0.25, 0.3) is 0 Å². The molecule has 0 radical (unpaired) electrons. The van der Waals surface area contributed by atoms with E-state index in [1.807, 2.05) is 0 Å². The fourth-order valence-electron chi connectivity index (χ4n) is 2.87. The van der Waals surface area contributed by atoms with Crippen LogP contribution in [0.4, 0.5) is 13.2 Å². The van der Waals surface area contributed by atoms with Crippen LogP contribution in [-0.4, -0.2) is 45.7 Å². The second-order valence-corrected chi connectivity index (χ2v) is 5.78. The molecule has 0 saturated carbocycles. The Kier molecular flexibility index (Phi) is 4.90. The molecule has 1 aliphatic rings. The first-order valence-corrected chi connectivity index (χ1v) is 7.90. The van der Waals surface area contributed by atoms with Crippen LogP contribution < -0.4 is 10.1 Å². The SMILES string of the molecule is COc1nn(C)cc1C(=O)NCCn1nc(C(F)(F)F)c2c1CCOC2. The Bertz CT molecular complexity index is 812. The second-order valence-electron chi connectivity index (χ2n) is 5.78. The summed E-state index contributed by atoms with van der Waals surface area (Å²) in [7, 11) is 3.05. The van der Waals surface area contributed by atoms with E-state index < -0.39 is 17.8 Å². The number of methoxy groups -OCH3 is 1. The standard InChI is InChI=1S/C15H18F3N5O3/c1-22-7-9(14(21-22)25-2)13(24)19-4-5-23-11-3-6-26-8-10(11)12(20-23)15(16,17)18/h7H,3-6,8H2,1-2H3,(H,19,24). The van der Waals surface area contributed by atoms with Gasteiger partial charge in [-0.05, 0) is 0 Å². The van der Waals surface area contributed by atoms with Crippen molar-refractivity contribution in [2.24, 2.45) is 7.05 Å². The maximum Gasteiger partial charge on any atom is 0.435 e. The largest absolute Gasteiger partial charge is 0.479 e. The highest BCUT2D eigenvalue weighted by Gasteiger charge is 2.39. The smallest absolute Gasteiger partial charge is 0.435 e. The molecule has 26 heavy (non-hydrogen) atoms. The normalized spacial score (nSPS) is 14.2. The molecular formula is C15H18F3N5O3. The molecule has 142 valence electrons. The molecule has 0 spiro atoms. The lowest BCUT2D eigenvalue weighted by Crippen LogP contribution is -2.28. The van der Waals surface area contributed by atoms with Gasteiger partial charge in [-0.1, -0.05) is 0 Å². The molecule has 0 saturated heterocycles. The molecule has 0 fully saturated rings. The molecule has 0 atom stereocenters. The summed E-state index contributed by atoms with van der Waals surface area (Å²) < 4.78 is 52.2. The van der Waals surface area contributed by atoms with Crippen LogP contribution in [-0.2, 0) is 37.5 Å². The number of nitrogens with zero attached hydrogens (tertiary/aromatic N) is 4. The molecule has 0 aromatic carbocycles. The number of fused-ring (bicyclic) bond motifs is 1. The zero-order valence-electron chi connectivity index (χ0n) is 14.3. The van der Waals surface area contributed by atoms with E-state index in [4.69, 9.17) is 9.47 Å². The van der Waals surface area contributed by atoms with E-state index in [0.29, 0.717) is 18.7 Å². The van der Waals surface area contributed by atoms with Gasteiger partial charge in [0.15, 0.2) is 5.69 Å². The first-order chi connectivity index (χ1) is 12.3. The van der Waals surface area contributed by atoms with Crippen LogP contribution in [0.3, 0.4) is 0 Å². The van der Waals surface area contributed by atoms with Crippen molar-refractivity contribution in [1.82, 2.24) is 24.9 Å². The zero-order valence-corrected chi connectivity index (χ0v) is 14.3. The second kappa shape index (κ2) is 6.98. The predicted molar refractivity (Wildman–Crippen MR) is 82.7 cm³/mol. The van der Waals surface area contributed by atoms with Gasteiger partial charge in [-0.3, -0.25) is 14.2 Å². The first kappa shape index (κ1) is 18.2. The lowest BCUT2D eigenvalue weighted by Gasteiger charge is -2.15. The van der Waals surface area contributed by atoms with Crippen LogP contribution in [0, 0.1) is 0 Å². The molecular weight excluding hydrogens is 355 g/mol. The summed E-state index contributed by atoms with van der Waals surface area (Å²) in [4.78, 5) is 12.2. The quantitative estimate of drug-likeness (QED) is 0.850. The lowest BCUT2D eigenvalue weighted by molar-refractivity contribution is -0.142. The summed E-state index contributed by atoms with van der Waals surface area (Å²) >= 11 is 0. The molecule has 1 N–H and O–H groups in total. The monoisotopic (exact) mass is 373 g/mol. The highest BCUT2D eigenvalue weighted by atomic mass is 19.4. The van der Waals surface area contributed by atoms with Gasteiger partial charge in [-0.2, -0.15) is 18.3 Å². The number of carbonyl (C=O) groups excluding carboxylic acids is 1. The van der Waals surface area contributed by atoms with Gasteiger partial charge in [0.25, 0.3) is 5.91 Å². The Hall–Kier alpha value is -2.56. The maximum absolute atomic E-state index is 13.1. The number of amides is 1. The fraction of sp³-hybridized carbons (Fsp3) is 0.533. The van der Waals surface area contributed by atoms with Crippen LogP contribution in [0.15, 0.2) is 6.20 Å². The van der Waals surface area contributed by atoms with Crippen molar-refractivity contribution in [3.05, 3.63) is 28.7 Å². The number of carbonyl (C=O) groups is 1. The molecule has 0 unspecified atom stereocenters. The van der Waals surface area contributed by atoms with E-state index in [9.17, 15) is 18.0 Å². The van der Waals surface area contributed by atoms with Gasteiger partial charge in [-0.15, -0.1) is 5.10 Å². The zero-order chi connectivity index (χ0) is 18.9. The molecule has 1 aliphatic heterocycles. The van der Waals surface area contributed by atoms with Crippen molar-refractivity contribution in [3.8, 4) is 5.88 Å². The summed E-state index contributed by atoms with van der Waals surface area (Å²) in [5.74, 6) is -0.242. The highest BCUT2D eigenvalue weighted by molar-refractivity contribution is 5.96. The van der Waals surface area contributed by atoms with Crippen LogP contribution in [0.1, 0.15) is 27.3 Å². The van der Waals surface area contributed by atoms with Crippen LogP contribution in [0.2, 0.25) is 0 Å². The van der Waals surface area contributed by atoms with Crippen molar-refractivity contribution < 1.29 is 27.4 Å². The molecule has 0 aliphatic carbocycles. The number of hydrogen-bond donors (Lipinski definition) is 1. The van der Waals surface area contributed by atoms with E-state index in [-0.39, 0.29) is 36.7 Å². The van der Waals surface area contributed by atoms with E-state index in [2.05, 4.69) is 15.5 Å². The predicted octanol–water partition coefficient (Wildman–Crippen LogP) is 1.15. The van der Waals surface area contributed by atoms with Crippen molar-refractivity contribution in [2.75, 3.05) is 20.3 Å². The Morgan fingerprint density at radius 2 is 2.19 bits per heavy atom. The van der Waals surface area contributed by atoms with Gasteiger partial charge in [0, 0.05) is 37.5 Å². The van der Waals surface area contributed by atoms with E-state index in [1.54, 1.807) is 7.05 Å². The van der Waals surface area contributed by atoms with Gasteiger partial charge >= 0.3 is 6.18 Å². The molecule has 0 bridgehead atoms. The first-order valence-electron chi connectivity index (χ1n) is 7.90. The molecule has 11 heteroatoms. The molecule has 3 heterocycles. The summed E-state index contributed by atoms with van der Waals surface area (Å²) in [6.45, 7) is 0.467. The number of hydrogen-bond acceptors (Lipinski definition) is 5. The average Bonchev–Trinajstić information content (AvgIpc) is 3.15. The van der Waals surface area contributed by atoms with Gasteiger partial charge in [0.2, 0.25) is 5.88 Å². The fourth-order valence-corrected chi connectivity index (χ4v) is 2.87. The average molecular weight is 373 g/mol. The van der Waals surface area contributed by atoms with E-state index in [1.165, 1.54) is 22.7 Å². The van der Waals surface area contributed by atoms with Gasteiger partial charge < -0.3 is 14.8 Å². The van der Waals surface area contributed by atoms with Crippen LogP contribution in [0.5, 0.6) is 5.88 Å². The van der Waals surface area contributed by atoms with Crippen molar-refractivity contribution in [3.63, 3.8) is 0 Å². The number of alkyl halides is 3. The molecule has 2 aromatic rings. The molecule has 3 rings (SSSR count). The van der Waals surface area contributed by atoms with Crippen molar-refractivity contribution >= 4 is 5.91 Å². The molecule has 8 nitrogen and oxygen atoms in total. The summed E-state index contributed by atoms with van der Waals surface area (Å²) in [5, 5.41) is 10.3. The number of aryl methyl sites for hydroxylation is 1. The maximum atomic E-state index is 13.1. The molecule has 1 amide bonds. The van der Waals surface area contributed by atoms with Crippen molar-refractivity contribution in [2.45, 2.75) is 25.7 Å². The highest BCUT2D eigenvalue weighted by Crippen LogP contribution is 2.34. The van der Waals surface area contributed by atoms with Crippen molar-refractivity contribution in [1.29, 1.82) is 0 Å². The molecule has 2 aromatic heterocycles. The third-order valence-electron chi connectivity index (χ3n) is 4.01.